The topological polar surface area (TPSA) is 29.5 Å². The van der Waals surface area contributed by atoms with Crippen molar-refractivity contribution in [3.8, 4) is 0 Å². The first kappa shape index (κ1) is 13.1. The first-order valence-electron chi connectivity index (χ1n) is 4.94. The average Bonchev–Trinajstić information content (AvgIpc) is 2.64. The molecule has 16 heavy (non-hydrogen) atoms. The number of carbonyl (C=O) groups excluding carboxylic acids is 1. The van der Waals surface area contributed by atoms with Gasteiger partial charge in [0.05, 0.1) is 17.5 Å². The molecule has 0 unspecified atom stereocenters. The van der Waals surface area contributed by atoms with Crippen LogP contribution < -0.4 is 0 Å². The van der Waals surface area contributed by atoms with E-state index in [1.807, 2.05) is 12.1 Å². The summed E-state index contributed by atoms with van der Waals surface area (Å²) in [5, 5.41) is 0. The molecule has 0 aromatic carbocycles. The SMILES string of the molecule is C=CCN(Cc1ccc(Cl)s1)C(=O)OCC. The quantitative estimate of drug-likeness (QED) is 0.757. The van der Waals surface area contributed by atoms with Gasteiger partial charge >= 0.3 is 6.09 Å². The van der Waals surface area contributed by atoms with Crippen LogP contribution in [0.2, 0.25) is 4.34 Å². The Kier molecular flexibility index (Phi) is 5.35. The fourth-order valence-corrected chi connectivity index (χ4v) is 2.30. The normalized spacial score (nSPS) is 9.88. The Balaban J connectivity index is 2.63. The van der Waals surface area contributed by atoms with Crippen molar-refractivity contribution in [1.82, 2.24) is 4.90 Å². The Bertz CT molecular complexity index is 365. The second-order valence-electron chi connectivity index (χ2n) is 3.07. The fourth-order valence-electron chi connectivity index (χ4n) is 1.20. The zero-order chi connectivity index (χ0) is 12.0. The molecular formula is C11H14ClNO2S. The number of rotatable bonds is 5. The predicted octanol–water partition coefficient (Wildman–Crippen LogP) is 3.55. The van der Waals surface area contributed by atoms with E-state index in [0.717, 1.165) is 9.21 Å². The Hall–Kier alpha value is -1.00. The van der Waals surface area contributed by atoms with Crippen molar-refractivity contribution in [3.63, 3.8) is 0 Å². The van der Waals surface area contributed by atoms with E-state index in [2.05, 4.69) is 6.58 Å². The molecular weight excluding hydrogens is 246 g/mol. The minimum Gasteiger partial charge on any atom is -0.450 e. The molecule has 0 saturated heterocycles. The van der Waals surface area contributed by atoms with Crippen molar-refractivity contribution in [1.29, 1.82) is 0 Å². The van der Waals surface area contributed by atoms with E-state index in [1.165, 1.54) is 11.3 Å². The molecule has 0 aliphatic rings. The summed E-state index contributed by atoms with van der Waals surface area (Å²) >= 11 is 7.28. The van der Waals surface area contributed by atoms with Crippen molar-refractivity contribution < 1.29 is 9.53 Å². The fraction of sp³-hybridized carbons (Fsp3) is 0.364. The maximum absolute atomic E-state index is 11.6. The molecule has 1 aromatic rings. The Morgan fingerprint density at radius 1 is 1.69 bits per heavy atom. The first-order valence-corrected chi connectivity index (χ1v) is 6.13. The van der Waals surface area contributed by atoms with E-state index in [4.69, 9.17) is 16.3 Å². The largest absolute Gasteiger partial charge is 0.450 e. The smallest absolute Gasteiger partial charge is 0.410 e. The van der Waals surface area contributed by atoms with Crippen LogP contribution in [0.3, 0.4) is 0 Å². The maximum atomic E-state index is 11.6. The maximum Gasteiger partial charge on any atom is 0.410 e. The van der Waals surface area contributed by atoms with Gasteiger partial charge in [-0.3, -0.25) is 4.90 Å². The summed E-state index contributed by atoms with van der Waals surface area (Å²) in [6.45, 7) is 6.74. The molecule has 1 amide bonds. The highest BCUT2D eigenvalue weighted by atomic mass is 35.5. The van der Waals surface area contributed by atoms with Crippen molar-refractivity contribution in [2.24, 2.45) is 0 Å². The molecule has 5 heteroatoms. The Labute approximate surface area is 104 Å². The minimum absolute atomic E-state index is 0.327. The van der Waals surface area contributed by atoms with Crippen LogP contribution in [0.4, 0.5) is 4.79 Å². The van der Waals surface area contributed by atoms with Gasteiger partial charge < -0.3 is 4.74 Å². The van der Waals surface area contributed by atoms with Gasteiger partial charge in [0.2, 0.25) is 0 Å². The van der Waals surface area contributed by atoms with Crippen LogP contribution in [0.5, 0.6) is 0 Å². The molecule has 1 rings (SSSR count). The molecule has 0 aliphatic heterocycles. The van der Waals surface area contributed by atoms with E-state index < -0.39 is 0 Å². The van der Waals surface area contributed by atoms with Gasteiger partial charge in [-0.15, -0.1) is 17.9 Å². The molecule has 0 N–H and O–H groups in total. The van der Waals surface area contributed by atoms with Crippen LogP contribution in [-0.4, -0.2) is 24.1 Å². The van der Waals surface area contributed by atoms with Gasteiger partial charge in [-0.05, 0) is 19.1 Å². The number of ether oxygens (including phenoxy) is 1. The second-order valence-corrected chi connectivity index (χ2v) is 4.87. The van der Waals surface area contributed by atoms with Crippen LogP contribution in [0.15, 0.2) is 24.8 Å². The van der Waals surface area contributed by atoms with Crippen LogP contribution in [0, 0.1) is 0 Å². The highest BCUT2D eigenvalue weighted by molar-refractivity contribution is 7.16. The van der Waals surface area contributed by atoms with Gasteiger partial charge in [0.1, 0.15) is 0 Å². The van der Waals surface area contributed by atoms with Crippen LogP contribution in [-0.2, 0) is 11.3 Å². The average molecular weight is 260 g/mol. The summed E-state index contributed by atoms with van der Waals surface area (Å²) in [6, 6.07) is 3.72. The molecule has 0 saturated carbocycles. The van der Waals surface area contributed by atoms with Crippen LogP contribution in [0.25, 0.3) is 0 Å². The van der Waals surface area contributed by atoms with Gasteiger partial charge in [-0.2, -0.15) is 0 Å². The lowest BCUT2D eigenvalue weighted by molar-refractivity contribution is 0.109. The second kappa shape index (κ2) is 6.55. The van der Waals surface area contributed by atoms with E-state index in [-0.39, 0.29) is 6.09 Å². The number of hydrogen-bond acceptors (Lipinski definition) is 3. The molecule has 0 bridgehead atoms. The van der Waals surface area contributed by atoms with Gasteiger partial charge in [0, 0.05) is 11.4 Å². The summed E-state index contributed by atoms with van der Waals surface area (Å²) in [7, 11) is 0. The monoisotopic (exact) mass is 259 g/mol. The van der Waals surface area contributed by atoms with Crippen molar-refractivity contribution >= 4 is 29.0 Å². The molecule has 1 heterocycles. The molecule has 0 atom stereocenters. The predicted molar refractivity (Wildman–Crippen MR) is 67.0 cm³/mol. The number of amides is 1. The third-order valence-electron chi connectivity index (χ3n) is 1.85. The molecule has 0 radical (unpaired) electrons. The first-order chi connectivity index (χ1) is 7.67. The molecule has 3 nitrogen and oxygen atoms in total. The van der Waals surface area contributed by atoms with E-state index >= 15 is 0 Å². The number of carbonyl (C=O) groups is 1. The van der Waals surface area contributed by atoms with Crippen LogP contribution >= 0.6 is 22.9 Å². The van der Waals surface area contributed by atoms with Crippen molar-refractivity contribution in [2.45, 2.75) is 13.5 Å². The van der Waals surface area contributed by atoms with E-state index in [9.17, 15) is 4.79 Å². The number of nitrogens with zero attached hydrogens (tertiary/aromatic N) is 1. The van der Waals surface area contributed by atoms with Crippen molar-refractivity contribution in [3.05, 3.63) is 34.0 Å². The lowest BCUT2D eigenvalue weighted by Gasteiger charge is -2.19. The molecule has 0 fully saturated rings. The van der Waals surface area contributed by atoms with Gasteiger partial charge in [-0.25, -0.2) is 4.79 Å². The van der Waals surface area contributed by atoms with Gasteiger partial charge in [-0.1, -0.05) is 17.7 Å². The number of hydrogen-bond donors (Lipinski definition) is 0. The summed E-state index contributed by atoms with van der Waals surface area (Å²) in [4.78, 5) is 14.2. The molecule has 1 aromatic heterocycles. The Morgan fingerprint density at radius 3 is 2.94 bits per heavy atom. The summed E-state index contributed by atoms with van der Waals surface area (Å²) < 4.78 is 5.67. The molecule has 0 aliphatic carbocycles. The van der Waals surface area contributed by atoms with E-state index in [1.54, 1.807) is 17.9 Å². The van der Waals surface area contributed by atoms with Crippen LogP contribution in [0.1, 0.15) is 11.8 Å². The highest BCUT2D eigenvalue weighted by Crippen LogP contribution is 2.22. The summed E-state index contributed by atoms with van der Waals surface area (Å²) in [5.74, 6) is 0. The highest BCUT2D eigenvalue weighted by Gasteiger charge is 2.14. The lowest BCUT2D eigenvalue weighted by atomic mass is 10.4. The van der Waals surface area contributed by atoms with Crippen molar-refractivity contribution in [2.75, 3.05) is 13.2 Å². The third kappa shape index (κ3) is 3.87. The summed E-state index contributed by atoms with van der Waals surface area (Å²) in [6.07, 6.45) is 1.35. The third-order valence-corrected chi connectivity index (χ3v) is 3.07. The van der Waals surface area contributed by atoms with Gasteiger partial charge in [0.15, 0.2) is 0 Å². The number of thiophene rings is 1. The zero-order valence-corrected chi connectivity index (χ0v) is 10.7. The lowest BCUT2D eigenvalue weighted by Crippen LogP contribution is -2.30. The minimum atomic E-state index is -0.327. The number of halogens is 1. The molecule has 88 valence electrons. The Morgan fingerprint density at radius 2 is 2.44 bits per heavy atom. The standard InChI is InChI=1S/C11H14ClNO2S/c1-3-7-13(11(14)15-4-2)8-9-5-6-10(12)16-9/h3,5-6H,1,4,7-8H2,2H3. The van der Waals surface area contributed by atoms with E-state index in [0.29, 0.717) is 19.7 Å². The zero-order valence-electron chi connectivity index (χ0n) is 9.11. The molecule has 0 spiro atoms. The summed E-state index contributed by atoms with van der Waals surface area (Å²) in [5.41, 5.74) is 0. The van der Waals surface area contributed by atoms with Gasteiger partial charge in [0.25, 0.3) is 0 Å².